The van der Waals surface area contributed by atoms with E-state index in [4.69, 9.17) is 9.47 Å². The Bertz CT molecular complexity index is 928. The van der Waals surface area contributed by atoms with Crippen molar-refractivity contribution in [2.45, 2.75) is 25.3 Å². The van der Waals surface area contributed by atoms with Crippen LogP contribution >= 0.6 is 0 Å². The molecule has 0 aliphatic carbocycles. The molecule has 150 valence electrons. The first-order chi connectivity index (χ1) is 14.1. The summed E-state index contributed by atoms with van der Waals surface area (Å²) in [6, 6.07) is 10.3. The number of amides is 1. The Morgan fingerprint density at radius 1 is 1.14 bits per heavy atom. The van der Waals surface area contributed by atoms with Gasteiger partial charge in [-0.1, -0.05) is 18.2 Å². The van der Waals surface area contributed by atoms with E-state index >= 15 is 0 Å². The van der Waals surface area contributed by atoms with Crippen LogP contribution in [0.3, 0.4) is 0 Å². The van der Waals surface area contributed by atoms with E-state index in [-0.39, 0.29) is 22.7 Å². The fourth-order valence-corrected chi connectivity index (χ4v) is 3.27. The van der Waals surface area contributed by atoms with Crippen molar-refractivity contribution in [3.8, 4) is 11.5 Å². The molecular formula is C21H20N2O6. The first-order valence-electron chi connectivity index (χ1n) is 9.18. The highest BCUT2D eigenvalue weighted by Crippen LogP contribution is 2.36. The standard InChI is InChI=1S/C21H20N2O6/c1-28-18-11-16(20(25)23-10-6-5-9-15(23)13-24)17(22-27)12-19(18)29-21(26)14-7-3-2-4-8-14/h2-4,7-8,11-13,15H,5-6,9-10H2,1H3/t15-/m1/s1. The van der Waals surface area contributed by atoms with Gasteiger partial charge in [-0.05, 0) is 42.6 Å². The van der Waals surface area contributed by atoms with Crippen molar-refractivity contribution >= 4 is 23.9 Å². The molecule has 8 heteroatoms. The van der Waals surface area contributed by atoms with Gasteiger partial charge in [0.15, 0.2) is 11.5 Å². The molecule has 1 heterocycles. The highest BCUT2D eigenvalue weighted by atomic mass is 16.6. The maximum atomic E-state index is 13.0. The first kappa shape index (κ1) is 20.2. The van der Waals surface area contributed by atoms with Gasteiger partial charge in [0.1, 0.15) is 12.0 Å². The number of likely N-dealkylation sites (tertiary alicyclic amines) is 1. The van der Waals surface area contributed by atoms with Gasteiger partial charge in [-0.2, -0.15) is 0 Å². The lowest BCUT2D eigenvalue weighted by Crippen LogP contribution is -2.44. The van der Waals surface area contributed by atoms with Gasteiger partial charge in [0.2, 0.25) is 0 Å². The van der Waals surface area contributed by atoms with Crippen LogP contribution in [0.5, 0.6) is 11.5 Å². The fraction of sp³-hybridized carbons (Fsp3) is 0.286. The van der Waals surface area contributed by atoms with Crippen LogP contribution in [0.4, 0.5) is 5.69 Å². The molecule has 8 nitrogen and oxygen atoms in total. The van der Waals surface area contributed by atoms with Crippen molar-refractivity contribution in [3.63, 3.8) is 0 Å². The maximum absolute atomic E-state index is 13.0. The Kier molecular flexibility index (Phi) is 6.33. The molecule has 0 aromatic heterocycles. The quantitative estimate of drug-likeness (QED) is 0.320. The molecule has 0 spiro atoms. The molecule has 2 aromatic carbocycles. The molecule has 1 saturated heterocycles. The Balaban J connectivity index is 1.94. The highest BCUT2D eigenvalue weighted by Gasteiger charge is 2.30. The first-order valence-corrected chi connectivity index (χ1v) is 9.18. The van der Waals surface area contributed by atoms with E-state index in [0.717, 1.165) is 19.1 Å². The van der Waals surface area contributed by atoms with Gasteiger partial charge >= 0.3 is 5.97 Å². The third kappa shape index (κ3) is 4.31. The summed E-state index contributed by atoms with van der Waals surface area (Å²) in [5.74, 6) is -1.06. The molecule has 0 saturated carbocycles. The summed E-state index contributed by atoms with van der Waals surface area (Å²) in [6.45, 7) is 0.410. The van der Waals surface area contributed by atoms with E-state index in [9.17, 15) is 19.3 Å². The molecule has 0 unspecified atom stereocenters. The number of hydrogen-bond acceptors (Lipinski definition) is 7. The molecule has 1 atom stereocenters. The average molecular weight is 396 g/mol. The third-order valence-electron chi connectivity index (χ3n) is 4.79. The van der Waals surface area contributed by atoms with Gasteiger partial charge in [0.05, 0.1) is 24.3 Å². The highest BCUT2D eigenvalue weighted by molar-refractivity contribution is 6.01. The zero-order chi connectivity index (χ0) is 20.8. The van der Waals surface area contributed by atoms with Gasteiger partial charge in [-0.3, -0.25) is 4.79 Å². The average Bonchev–Trinajstić information content (AvgIpc) is 2.78. The zero-order valence-electron chi connectivity index (χ0n) is 15.9. The second-order valence-electron chi connectivity index (χ2n) is 6.56. The fourth-order valence-electron chi connectivity index (χ4n) is 3.27. The van der Waals surface area contributed by atoms with Crippen molar-refractivity contribution in [3.05, 3.63) is 58.5 Å². The second kappa shape index (κ2) is 9.09. The summed E-state index contributed by atoms with van der Waals surface area (Å²) < 4.78 is 10.6. The number of rotatable bonds is 6. The van der Waals surface area contributed by atoms with E-state index in [0.29, 0.717) is 18.5 Å². The molecule has 1 amide bonds. The van der Waals surface area contributed by atoms with E-state index in [2.05, 4.69) is 5.18 Å². The molecule has 2 aromatic rings. The Hall–Kier alpha value is -3.55. The summed E-state index contributed by atoms with van der Waals surface area (Å²) in [6.07, 6.45) is 2.93. The summed E-state index contributed by atoms with van der Waals surface area (Å²) in [4.78, 5) is 49.5. The molecule has 3 rings (SSSR count). The van der Waals surface area contributed by atoms with Crippen LogP contribution in [0.15, 0.2) is 47.6 Å². The number of nitrogens with zero attached hydrogens (tertiary/aromatic N) is 2. The van der Waals surface area contributed by atoms with Crippen molar-refractivity contribution in [2.75, 3.05) is 13.7 Å². The number of esters is 1. The van der Waals surface area contributed by atoms with Gasteiger partial charge in [-0.15, -0.1) is 4.91 Å². The Labute approximate surface area is 167 Å². The number of carbonyl (C=O) groups is 3. The smallest absolute Gasteiger partial charge is 0.343 e. The molecule has 1 aliphatic heterocycles. The van der Waals surface area contributed by atoms with Crippen LogP contribution in [-0.2, 0) is 4.79 Å². The molecule has 0 N–H and O–H groups in total. The minimum Gasteiger partial charge on any atom is -0.493 e. The van der Waals surface area contributed by atoms with E-state index in [1.807, 2.05) is 0 Å². The topological polar surface area (TPSA) is 102 Å². The summed E-state index contributed by atoms with van der Waals surface area (Å²) in [7, 11) is 1.35. The van der Waals surface area contributed by atoms with Crippen molar-refractivity contribution in [1.82, 2.24) is 4.90 Å². The molecule has 0 radical (unpaired) electrons. The zero-order valence-corrected chi connectivity index (χ0v) is 15.9. The van der Waals surface area contributed by atoms with E-state index in [1.165, 1.54) is 24.1 Å². The number of methoxy groups -OCH3 is 1. The van der Waals surface area contributed by atoms with Gasteiger partial charge in [-0.25, -0.2) is 4.79 Å². The second-order valence-corrected chi connectivity index (χ2v) is 6.56. The van der Waals surface area contributed by atoms with Crippen LogP contribution in [0.2, 0.25) is 0 Å². The van der Waals surface area contributed by atoms with E-state index in [1.54, 1.807) is 30.3 Å². The lowest BCUT2D eigenvalue weighted by molar-refractivity contribution is -0.112. The van der Waals surface area contributed by atoms with Crippen LogP contribution < -0.4 is 9.47 Å². The van der Waals surface area contributed by atoms with Crippen molar-refractivity contribution in [2.24, 2.45) is 5.18 Å². The number of nitroso groups, excluding NO2 is 1. The molecule has 0 bridgehead atoms. The number of carbonyl (C=O) groups excluding carboxylic acids is 3. The summed E-state index contributed by atoms with van der Waals surface area (Å²) in [5.41, 5.74) is 0.115. The van der Waals surface area contributed by atoms with E-state index < -0.39 is 17.9 Å². The predicted octanol–water partition coefficient (Wildman–Crippen LogP) is 3.51. The van der Waals surface area contributed by atoms with Gasteiger partial charge < -0.3 is 19.2 Å². The number of piperidine rings is 1. The van der Waals surface area contributed by atoms with Crippen LogP contribution in [0.25, 0.3) is 0 Å². The van der Waals surface area contributed by atoms with Crippen LogP contribution in [0, 0.1) is 4.91 Å². The summed E-state index contributed by atoms with van der Waals surface area (Å²) >= 11 is 0. The number of aldehydes is 1. The molecular weight excluding hydrogens is 376 g/mol. The maximum Gasteiger partial charge on any atom is 0.343 e. The minimum absolute atomic E-state index is 0.00916. The van der Waals surface area contributed by atoms with Crippen molar-refractivity contribution < 1.29 is 23.9 Å². The van der Waals surface area contributed by atoms with Gasteiger partial charge in [0, 0.05) is 12.6 Å². The minimum atomic E-state index is -0.642. The molecule has 1 aliphatic rings. The lowest BCUT2D eigenvalue weighted by Gasteiger charge is -2.32. The monoisotopic (exact) mass is 396 g/mol. The van der Waals surface area contributed by atoms with Crippen LogP contribution in [-0.4, -0.2) is 42.8 Å². The Morgan fingerprint density at radius 3 is 2.55 bits per heavy atom. The number of ether oxygens (including phenoxy) is 2. The van der Waals surface area contributed by atoms with Crippen molar-refractivity contribution in [1.29, 1.82) is 0 Å². The Morgan fingerprint density at radius 2 is 1.90 bits per heavy atom. The predicted molar refractivity (Wildman–Crippen MR) is 105 cm³/mol. The summed E-state index contributed by atoms with van der Waals surface area (Å²) in [5, 5.41) is 2.92. The largest absolute Gasteiger partial charge is 0.493 e. The molecule has 29 heavy (non-hydrogen) atoms. The SMILES string of the molecule is COc1cc(C(=O)N2CCCC[C@@H]2C=O)c(N=O)cc1OC(=O)c1ccccc1. The normalized spacial score (nSPS) is 16.0. The lowest BCUT2D eigenvalue weighted by atomic mass is 10.0. The molecule has 1 fully saturated rings. The number of hydrogen-bond donors (Lipinski definition) is 0. The van der Waals surface area contributed by atoms with Crippen LogP contribution in [0.1, 0.15) is 40.0 Å². The third-order valence-corrected chi connectivity index (χ3v) is 4.79. The van der Waals surface area contributed by atoms with Gasteiger partial charge in [0.25, 0.3) is 5.91 Å². The number of benzene rings is 2.